The molecule has 2 amide bonds. The number of carbonyl (C=O) groups is 1. The van der Waals surface area contributed by atoms with Crippen LogP contribution in [0.2, 0.25) is 20.1 Å². The average molecular weight is 798 g/mol. The number of hydrogen-bond donors (Lipinski definition) is 0. The average Bonchev–Trinajstić information content (AvgIpc) is 3.90. The van der Waals surface area contributed by atoms with E-state index in [2.05, 4.69) is 14.9 Å². The number of likely N-dealkylation sites (tertiary alicyclic amines) is 1. The maximum atomic E-state index is 14.2. The molecule has 2 atom stereocenters. The van der Waals surface area contributed by atoms with Gasteiger partial charge < -0.3 is 28.4 Å². The third kappa shape index (κ3) is 9.20. The molecule has 4 heterocycles. The molecule has 0 spiro atoms. The number of imidazole rings is 2. The van der Waals surface area contributed by atoms with Gasteiger partial charge in [-0.3, -0.25) is 4.90 Å². The summed E-state index contributed by atoms with van der Waals surface area (Å²) in [4.78, 5) is 29.1. The molecular formula is C39H41Cl4N7O3. The van der Waals surface area contributed by atoms with Crippen LogP contribution in [0.4, 0.5) is 4.79 Å². The molecule has 10 nitrogen and oxygen atoms in total. The van der Waals surface area contributed by atoms with Crippen LogP contribution < -0.4 is 0 Å². The third-order valence-electron chi connectivity index (χ3n) is 9.92. The number of aromatic nitrogens is 4. The second kappa shape index (κ2) is 16.8. The fourth-order valence-electron chi connectivity index (χ4n) is 7.26. The van der Waals surface area contributed by atoms with E-state index in [9.17, 15) is 4.79 Å². The second-order valence-electron chi connectivity index (χ2n) is 13.7. The van der Waals surface area contributed by atoms with Crippen molar-refractivity contribution in [2.45, 2.75) is 57.0 Å². The van der Waals surface area contributed by atoms with Gasteiger partial charge in [-0.25, -0.2) is 14.8 Å². The summed E-state index contributed by atoms with van der Waals surface area (Å²) < 4.78 is 17.4. The number of halogens is 4. The Morgan fingerprint density at radius 1 is 0.887 bits per heavy atom. The maximum Gasteiger partial charge on any atom is 0.320 e. The largest absolute Gasteiger partial charge is 0.342 e. The summed E-state index contributed by atoms with van der Waals surface area (Å²) in [6, 6.07) is 20.8. The van der Waals surface area contributed by atoms with Crippen molar-refractivity contribution >= 4 is 52.4 Å². The fraction of sp³-hybridized carbons (Fsp3) is 0.359. The minimum Gasteiger partial charge on any atom is -0.342 e. The Morgan fingerprint density at radius 3 is 2.19 bits per heavy atom. The number of piperidine rings is 1. The van der Waals surface area contributed by atoms with Crippen LogP contribution in [0.25, 0.3) is 0 Å². The third-order valence-corrected chi connectivity index (χ3v) is 10.9. The van der Waals surface area contributed by atoms with Gasteiger partial charge in [-0.1, -0.05) is 76.7 Å². The highest BCUT2D eigenvalue weighted by Crippen LogP contribution is 2.41. The lowest BCUT2D eigenvalue weighted by Gasteiger charge is -2.41. The monoisotopic (exact) mass is 795 g/mol. The van der Waals surface area contributed by atoms with Crippen molar-refractivity contribution in [2.24, 2.45) is 7.05 Å². The first-order valence-corrected chi connectivity index (χ1v) is 19.1. The zero-order chi connectivity index (χ0) is 37.0. The molecule has 278 valence electrons. The number of amides is 2. The highest BCUT2D eigenvalue weighted by molar-refractivity contribution is 6.35. The lowest BCUT2D eigenvalue weighted by atomic mass is 10.0. The number of ether oxygens (including phenoxy) is 2. The van der Waals surface area contributed by atoms with Crippen LogP contribution in [-0.4, -0.2) is 78.2 Å². The number of carbonyl (C=O) groups excluding carboxylic acids is 1. The first kappa shape index (κ1) is 37.7. The summed E-state index contributed by atoms with van der Waals surface area (Å²) in [6.45, 7) is 4.09. The fourth-order valence-corrected chi connectivity index (χ4v) is 8.24. The molecule has 2 aromatic heterocycles. The van der Waals surface area contributed by atoms with Gasteiger partial charge in [0.1, 0.15) is 0 Å². The van der Waals surface area contributed by atoms with Crippen LogP contribution in [0.3, 0.4) is 0 Å². The number of nitrogens with zero attached hydrogens (tertiary/aromatic N) is 7. The van der Waals surface area contributed by atoms with E-state index >= 15 is 0 Å². The molecular weight excluding hydrogens is 756 g/mol. The molecule has 53 heavy (non-hydrogen) atoms. The highest BCUT2D eigenvalue weighted by atomic mass is 35.5. The van der Waals surface area contributed by atoms with Crippen molar-refractivity contribution in [3.63, 3.8) is 0 Å². The quantitative estimate of drug-likeness (QED) is 0.127. The Morgan fingerprint density at radius 2 is 1.58 bits per heavy atom. The lowest BCUT2D eigenvalue weighted by Crippen LogP contribution is -2.51. The molecule has 5 aromatic rings. The van der Waals surface area contributed by atoms with E-state index in [1.54, 1.807) is 24.7 Å². The number of hydrogen-bond acceptors (Lipinski definition) is 6. The molecule has 2 aliphatic heterocycles. The Bertz CT molecular complexity index is 1950. The van der Waals surface area contributed by atoms with Gasteiger partial charge in [-0.2, -0.15) is 0 Å². The van der Waals surface area contributed by atoms with Gasteiger partial charge in [-0.05, 0) is 60.4 Å². The Labute approximate surface area is 329 Å². The number of rotatable bonds is 12. The van der Waals surface area contributed by atoms with E-state index in [1.807, 2.05) is 99.3 Å². The van der Waals surface area contributed by atoms with Crippen molar-refractivity contribution in [3.05, 3.63) is 140 Å². The normalized spacial score (nSPS) is 19.3. The number of benzene rings is 3. The van der Waals surface area contributed by atoms with E-state index in [0.717, 1.165) is 29.7 Å². The first-order valence-electron chi connectivity index (χ1n) is 17.6. The standard InChI is InChI=1S/C39H41Cl4N7O3/c1-46-26-45-19-34(46)22-49(23-35-24-52-39(53-35,25-47-15-12-44-27-47)36-9-8-32(42)18-37(36)43)33-10-13-48(14-11-33)38(51)50(20-28-4-2-6-30(40)16-28)21-29-5-3-7-31(41)17-29/h2-9,12,15-19,26-27,33,35H,10-11,13-14,20-25H2,1H3/t35-,39-/m1/s1. The smallest absolute Gasteiger partial charge is 0.320 e. The van der Waals surface area contributed by atoms with Crippen molar-refractivity contribution in [3.8, 4) is 0 Å². The van der Waals surface area contributed by atoms with E-state index in [4.69, 9.17) is 55.9 Å². The molecule has 0 unspecified atom stereocenters. The second-order valence-corrected chi connectivity index (χ2v) is 15.4. The lowest BCUT2D eigenvalue weighted by molar-refractivity contribution is -0.189. The molecule has 0 saturated carbocycles. The van der Waals surface area contributed by atoms with Crippen LogP contribution in [-0.2, 0) is 48.5 Å². The zero-order valence-corrected chi connectivity index (χ0v) is 32.4. The van der Waals surface area contributed by atoms with Gasteiger partial charge in [0.15, 0.2) is 0 Å². The van der Waals surface area contributed by atoms with Crippen LogP contribution >= 0.6 is 46.4 Å². The van der Waals surface area contributed by atoms with Gasteiger partial charge in [0.25, 0.3) is 0 Å². The van der Waals surface area contributed by atoms with E-state index in [-0.39, 0.29) is 18.2 Å². The van der Waals surface area contributed by atoms with E-state index in [0.29, 0.717) is 78.1 Å². The molecule has 2 aliphatic rings. The molecule has 0 N–H and O–H groups in total. The SMILES string of the molecule is Cn1cncc1CN(C[C@@H]1CO[C@@](Cn2ccnc2)(c2ccc(Cl)cc2Cl)O1)C1CCN(C(=O)N(Cc2cccc(Cl)c2)Cc2cccc(Cl)c2)CC1. The van der Waals surface area contributed by atoms with Crippen molar-refractivity contribution in [2.75, 3.05) is 26.2 Å². The zero-order valence-electron chi connectivity index (χ0n) is 29.3. The summed E-state index contributed by atoms with van der Waals surface area (Å²) >= 11 is 25.7. The van der Waals surface area contributed by atoms with E-state index < -0.39 is 5.79 Å². The molecule has 3 aromatic carbocycles. The molecule has 0 radical (unpaired) electrons. The molecule has 14 heteroatoms. The van der Waals surface area contributed by atoms with Crippen molar-refractivity contribution in [1.29, 1.82) is 0 Å². The van der Waals surface area contributed by atoms with Crippen LogP contribution in [0, 0.1) is 0 Å². The van der Waals surface area contributed by atoms with Gasteiger partial charge in [-0.15, -0.1) is 0 Å². The summed E-state index contributed by atoms with van der Waals surface area (Å²) in [5, 5.41) is 2.29. The molecule has 7 rings (SSSR count). The number of aryl methyl sites for hydroxylation is 1. The Kier molecular flexibility index (Phi) is 12.0. The predicted octanol–water partition coefficient (Wildman–Crippen LogP) is 8.29. The van der Waals surface area contributed by atoms with Crippen LogP contribution in [0.5, 0.6) is 0 Å². The highest BCUT2D eigenvalue weighted by Gasteiger charge is 2.46. The summed E-state index contributed by atoms with van der Waals surface area (Å²) in [5.74, 6) is -1.13. The van der Waals surface area contributed by atoms with E-state index in [1.165, 1.54) is 0 Å². The van der Waals surface area contributed by atoms with Gasteiger partial charge in [0.2, 0.25) is 5.79 Å². The summed E-state index contributed by atoms with van der Waals surface area (Å²) in [6.07, 6.45) is 10.4. The minimum atomic E-state index is -1.13. The molecule has 2 fully saturated rings. The maximum absolute atomic E-state index is 14.2. The first-order chi connectivity index (χ1) is 25.6. The Hall–Kier alpha value is -3.61. The van der Waals surface area contributed by atoms with Gasteiger partial charge in [0, 0.05) is 91.6 Å². The molecule has 0 bridgehead atoms. The van der Waals surface area contributed by atoms with Crippen molar-refractivity contribution in [1.82, 2.24) is 33.8 Å². The van der Waals surface area contributed by atoms with Gasteiger partial charge in [0.05, 0.1) is 42.6 Å². The van der Waals surface area contributed by atoms with Gasteiger partial charge >= 0.3 is 6.03 Å². The minimum absolute atomic E-state index is 0.0155. The van der Waals surface area contributed by atoms with Crippen LogP contribution in [0.1, 0.15) is 35.2 Å². The predicted molar refractivity (Wildman–Crippen MR) is 207 cm³/mol. The molecule has 0 aliphatic carbocycles. The summed E-state index contributed by atoms with van der Waals surface area (Å²) in [5.41, 5.74) is 3.73. The summed E-state index contributed by atoms with van der Waals surface area (Å²) in [7, 11) is 2.00. The van der Waals surface area contributed by atoms with Crippen LogP contribution in [0.15, 0.2) is 98.0 Å². The number of urea groups is 1. The molecule has 2 saturated heterocycles. The van der Waals surface area contributed by atoms with Crippen molar-refractivity contribution < 1.29 is 14.3 Å². The topological polar surface area (TPSA) is 80.9 Å². The Balaban J connectivity index is 1.07.